The molecule has 0 bridgehead atoms. The minimum Gasteiger partial charge on any atom is -0.260 e. The van der Waals surface area contributed by atoms with Gasteiger partial charge in [-0.1, -0.05) is 29.8 Å². The van der Waals surface area contributed by atoms with E-state index in [0.29, 0.717) is 0 Å². The molecule has 0 atom stereocenters. The molecule has 0 amide bonds. The van der Waals surface area contributed by atoms with Crippen molar-refractivity contribution in [2.24, 2.45) is 0 Å². The zero-order chi connectivity index (χ0) is 16.3. The fourth-order valence-corrected chi connectivity index (χ4v) is 3.62. The van der Waals surface area contributed by atoms with Crippen LogP contribution in [0, 0.1) is 17.0 Å². The number of hydrogen-bond donors (Lipinski definition) is 0. The van der Waals surface area contributed by atoms with Gasteiger partial charge >= 0.3 is 0 Å². The van der Waals surface area contributed by atoms with E-state index in [1.807, 2.05) is 6.92 Å². The standard InChI is InChI=1S/C15H16N2O4S/c1-3-16(14-6-4-5-7-15(14)17(18)19)22(20,21)13-10-8-12(2)9-11-13/h4-11H,3H2,1-2H3. The average molecular weight is 320 g/mol. The molecule has 0 spiro atoms. The third kappa shape index (κ3) is 2.94. The van der Waals surface area contributed by atoms with E-state index in [9.17, 15) is 18.5 Å². The van der Waals surface area contributed by atoms with Crippen LogP contribution in [0.1, 0.15) is 12.5 Å². The fraction of sp³-hybridized carbons (Fsp3) is 0.200. The molecule has 0 aromatic heterocycles. The van der Waals surface area contributed by atoms with Gasteiger partial charge in [0.2, 0.25) is 0 Å². The Hall–Kier alpha value is -2.41. The summed E-state index contributed by atoms with van der Waals surface area (Å²) in [4.78, 5) is 10.7. The van der Waals surface area contributed by atoms with Gasteiger partial charge in [0.25, 0.3) is 15.7 Å². The molecule has 0 fully saturated rings. The second-order valence-corrected chi connectivity index (χ2v) is 6.59. The Labute approximate surface area is 129 Å². The number of hydrogen-bond acceptors (Lipinski definition) is 4. The molecule has 0 unspecified atom stereocenters. The summed E-state index contributed by atoms with van der Waals surface area (Å²) in [5.74, 6) is 0. The number of nitrogens with zero attached hydrogens (tertiary/aromatic N) is 2. The highest BCUT2D eigenvalue weighted by atomic mass is 32.2. The van der Waals surface area contributed by atoms with E-state index in [4.69, 9.17) is 0 Å². The number of nitro groups is 1. The fourth-order valence-electron chi connectivity index (χ4n) is 2.14. The Morgan fingerprint density at radius 2 is 1.68 bits per heavy atom. The molecule has 0 heterocycles. The molecule has 0 radical (unpaired) electrons. The monoisotopic (exact) mass is 320 g/mol. The molecule has 7 heteroatoms. The molecular weight excluding hydrogens is 304 g/mol. The van der Waals surface area contributed by atoms with Gasteiger partial charge in [0.15, 0.2) is 0 Å². The maximum atomic E-state index is 12.8. The third-order valence-corrected chi connectivity index (χ3v) is 5.15. The van der Waals surface area contributed by atoms with Crippen LogP contribution in [0.2, 0.25) is 0 Å². The third-order valence-electron chi connectivity index (χ3n) is 3.24. The van der Waals surface area contributed by atoms with Gasteiger partial charge in [0.1, 0.15) is 5.69 Å². The summed E-state index contributed by atoms with van der Waals surface area (Å²) in [6.45, 7) is 3.60. The molecule has 0 aliphatic rings. The highest BCUT2D eigenvalue weighted by molar-refractivity contribution is 7.92. The van der Waals surface area contributed by atoms with Crippen LogP contribution in [0.25, 0.3) is 0 Å². The molecule has 6 nitrogen and oxygen atoms in total. The van der Waals surface area contributed by atoms with Crippen molar-refractivity contribution < 1.29 is 13.3 Å². The first-order valence-electron chi connectivity index (χ1n) is 6.70. The number of anilines is 1. The lowest BCUT2D eigenvalue weighted by molar-refractivity contribution is -0.384. The van der Waals surface area contributed by atoms with Crippen molar-refractivity contribution in [1.29, 1.82) is 0 Å². The second-order valence-electron chi connectivity index (χ2n) is 4.73. The second kappa shape index (κ2) is 6.15. The molecule has 2 aromatic carbocycles. The van der Waals surface area contributed by atoms with E-state index < -0.39 is 14.9 Å². The molecule has 0 N–H and O–H groups in total. The van der Waals surface area contributed by atoms with Crippen molar-refractivity contribution in [1.82, 2.24) is 0 Å². The van der Waals surface area contributed by atoms with Gasteiger partial charge in [-0.15, -0.1) is 0 Å². The Kier molecular flexibility index (Phi) is 4.46. The van der Waals surface area contributed by atoms with Crippen molar-refractivity contribution in [3.05, 3.63) is 64.2 Å². The molecule has 22 heavy (non-hydrogen) atoms. The molecule has 2 aromatic rings. The van der Waals surface area contributed by atoms with Crippen LogP contribution >= 0.6 is 0 Å². The highest BCUT2D eigenvalue weighted by Crippen LogP contribution is 2.31. The zero-order valence-electron chi connectivity index (χ0n) is 12.3. The molecule has 0 saturated heterocycles. The summed E-state index contributed by atoms with van der Waals surface area (Å²) in [5.41, 5.74) is 0.767. The van der Waals surface area contributed by atoms with E-state index in [1.165, 1.54) is 30.3 Å². The van der Waals surface area contributed by atoms with Gasteiger partial charge in [0, 0.05) is 12.6 Å². The van der Waals surface area contributed by atoms with Crippen molar-refractivity contribution in [3.8, 4) is 0 Å². The first kappa shape index (κ1) is 16.0. The minimum absolute atomic E-state index is 0.0653. The van der Waals surface area contributed by atoms with Crippen molar-refractivity contribution in [2.45, 2.75) is 18.7 Å². The smallest absolute Gasteiger partial charge is 0.260 e. The number of para-hydroxylation sites is 2. The first-order valence-corrected chi connectivity index (χ1v) is 8.14. The lowest BCUT2D eigenvalue weighted by Gasteiger charge is -2.22. The van der Waals surface area contributed by atoms with E-state index in [0.717, 1.165) is 9.87 Å². The average Bonchev–Trinajstić information content (AvgIpc) is 2.48. The van der Waals surface area contributed by atoms with Crippen LogP contribution in [0.5, 0.6) is 0 Å². The van der Waals surface area contributed by atoms with Crippen LogP contribution in [-0.4, -0.2) is 19.9 Å². The predicted molar refractivity (Wildman–Crippen MR) is 84.5 cm³/mol. The number of nitro benzene ring substituents is 1. The summed E-state index contributed by atoms with van der Waals surface area (Å²) in [7, 11) is -3.85. The quantitative estimate of drug-likeness (QED) is 0.626. The van der Waals surface area contributed by atoms with E-state index in [2.05, 4.69) is 0 Å². The molecule has 0 aliphatic carbocycles. The number of sulfonamides is 1. The summed E-state index contributed by atoms with van der Waals surface area (Å²) in [6.07, 6.45) is 0. The molecule has 116 valence electrons. The summed E-state index contributed by atoms with van der Waals surface area (Å²) in [6, 6.07) is 12.2. The van der Waals surface area contributed by atoms with Crippen molar-refractivity contribution >= 4 is 21.4 Å². The van der Waals surface area contributed by atoms with Crippen LogP contribution in [0.15, 0.2) is 53.4 Å². The maximum absolute atomic E-state index is 12.8. The number of aryl methyl sites for hydroxylation is 1. The van der Waals surface area contributed by atoms with Crippen LogP contribution in [-0.2, 0) is 10.0 Å². The Bertz CT molecular complexity index is 785. The van der Waals surface area contributed by atoms with Gasteiger partial charge < -0.3 is 0 Å². The van der Waals surface area contributed by atoms with Gasteiger partial charge in [-0.05, 0) is 32.0 Å². The summed E-state index contributed by atoms with van der Waals surface area (Å²) < 4.78 is 26.6. The lowest BCUT2D eigenvalue weighted by Crippen LogP contribution is -2.31. The summed E-state index contributed by atoms with van der Waals surface area (Å²) in [5, 5.41) is 11.1. The van der Waals surface area contributed by atoms with Gasteiger partial charge in [-0.3, -0.25) is 14.4 Å². The topological polar surface area (TPSA) is 80.5 Å². The summed E-state index contributed by atoms with van der Waals surface area (Å²) >= 11 is 0. The van der Waals surface area contributed by atoms with Gasteiger partial charge in [-0.2, -0.15) is 0 Å². The Morgan fingerprint density at radius 3 is 2.23 bits per heavy atom. The normalized spacial score (nSPS) is 11.2. The molecule has 0 aliphatic heterocycles. The van der Waals surface area contributed by atoms with Crippen molar-refractivity contribution in [2.75, 3.05) is 10.8 Å². The largest absolute Gasteiger partial charge is 0.293 e. The predicted octanol–water partition coefficient (Wildman–Crippen LogP) is 3.12. The van der Waals surface area contributed by atoms with Crippen molar-refractivity contribution in [3.63, 3.8) is 0 Å². The number of rotatable bonds is 5. The van der Waals surface area contributed by atoms with E-state index in [1.54, 1.807) is 25.1 Å². The SMILES string of the molecule is CCN(c1ccccc1[N+](=O)[O-])S(=O)(=O)c1ccc(C)cc1. The Balaban J connectivity index is 2.57. The van der Waals surface area contributed by atoms with Gasteiger partial charge in [-0.25, -0.2) is 8.42 Å². The molecule has 0 saturated carbocycles. The first-order chi connectivity index (χ1) is 10.4. The van der Waals surface area contributed by atoms with Crippen LogP contribution in [0.3, 0.4) is 0 Å². The molecule has 2 rings (SSSR count). The van der Waals surface area contributed by atoms with Gasteiger partial charge in [0.05, 0.1) is 9.82 Å². The zero-order valence-corrected chi connectivity index (χ0v) is 13.1. The lowest BCUT2D eigenvalue weighted by atomic mass is 10.2. The number of benzene rings is 2. The van der Waals surface area contributed by atoms with E-state index in [-0.39, 0.29) is 22.8 Å². The minimum atomic E-state index is -3.85. The highest BCUT2D eigenvalue weighted by Gasteiger charge is 2.28. The Morgan fingerprint density at radius 1 is 1.09 bits per heavy atom. The van der Waals surface area contributed by atoms with Crippen LogP contribution < -0.4 is 4.31 Å². The van der Waals surface area contributed by atoms with Crippen LogP contribution in [0.4, 0.5) is 11.4 Å². The van der Waals surface area contributed by atoms with E-state index >= 15 is 0 Å². The maximum Gasteiger partial charge on any atom is 0.293 e. The molecular formula is C15H16N2O4S.